The third-order valence-corrected chi connectivity index (χ3v) is 6.43. The van der Waals surface area contributed by atoms with Crippen LogP contribution < -0.4 is 20.1 Å². The topological polar surface area (TPSA) is 110 Å². The number of rotatable bonds is 8. The minimum Gasteiger partial charge on any atom is -0.495 e. The number of hydrogen-bond donors (Lipinski definition) is 3. The lowest BCUT2D eigenvalue weighted by atomic mass is 10.2. The van der Waals surface area contributed by atoms with E-state index >= 15 is 0 Å². The number of anilines is 3. The van der Waals surface area contributed by atoms with Crippen molar-refractivity contribution in [3.63, 3.8) is 0 Å². The number of methoxy groups -OCH3 is 1. The Labute approximate surface area is 195 Å². The van der Waals surface area contributed by atoms with Crippen LogP contribution in [0, 0.1) is 0 Å². The number of hydrogen-bond acceptors (Lipinski definition) is 6. The third kappa shape index (κ3) is 5.21. The van der Waals surface area contributed by atoms with E-state index in [1.807, 2.05) is 0 Å². The molecule has 4 rings (SSSR count). The van der Waals surface area contributed by atoms with E-state index in [1.54, 1.807) is 60.7 Å². The summed E-state index contributed by atoms with van der Waals surface area (Å²) in [5, 5.41) is 6.80. The largest absolute Gasteiger partial charge is 0.495 e. The van der Waals surface area contributed by atoms with E-state index in [4.69, 9.17) is 20.8 Å². The van der Waals surface area contributed by atoms with Crippen molar-refractivity contribution in [3.8, 4) is 5.75 Å². The van der Waals surface area contributed by atoms with Crippen molar-refractivity contribution in [2.45, 2.75) is 4.90 Å². The van der Waals surface area contributed by atoms with Gasteiger partial charge in [0.25, 0.3) is 10.0 Å². The highest BCUT2D eigenvalue weighted by Gasteiger charge is 2.19. The number of amides is 1. The Bertz CT molecular complexity index is 1420. The van der Waals surface area contributed by atoms with Crippen LogP contribution in [0.1, 0.15) is 0 Å². The summed E-state index contributed by atoms with van der Waals surface area (Å²) in [6.45, 7) is -0.177. The molecule has 0 atom stereocenters. The zero-order chi connectivity index (χ0) is 23.4. The number of furan rings is 1. The van der Waals surface area contributed by atoms with E-state index in [1.165, 1.54) is 19.4 Å². The summed E-state index contributed by atoms with van der Waals surface area (Å²) in [7, 11) is -2.45. The Morgan fingerprint density at radius 3 is 2.67 bits per heavy atom. The van der Waals surface area contributed by atoms with Crippen LogP contribution in [0.5, 0.6) is 5.75 Å². The van der Waals surface area contributed by atoms with Crippen LogP contribution in [0.4, 0.5) is 17.1 Å². The smallest absolute Gasteiger partial charge is 0.263 e. The standard InChI is InChI=1S/C23H20ClN3O5S/c1-31-21-8-6-16(24)13-19(21)26-23(28)14-25-18-4-2-3-5-22(18)33(29,30)27-17-7-9-20-15(12-17)10-11-32-20/h2-13,25,27H,14H2,1H3,(H,26,28). The maximum absolute atomic E-state index is 13.0. The lowest BCUT2D eigenvalue weighted by Crippen LogP contribution is -2.23. The van der Waals surface area contributed by atoms with Crippen LogP contribution in [-0.4, -0.2) is 28.0 Å². The molecule has 0 fully saturated rings. The number of para-hydroxylation sites is 1. The van der Waals surface area contributed by atoms with E-state index < -0.39 is 15.9 Å². The molecule has 10 heteroatoms. The van der Waals surface area contributed by atoms with Crippen molar-refractivity contribution in [3.05, 3.63) is 78.0 Å². The van der Waals surface area contributed by atoms with Gasteiger partial charge in [-0.05, 0) is 54.6 Å². The normalized spacial score (nSPS) is 11.2. The lowest BCUT2D eigenvalue weighted by molar-refractivity contribution is -0.114. The van der Waals surface area contributed by atoms with Crippen molar-refractivity contribution >= 4 is 55.6 Å². The molecule has 0 aliphatic rings. The van der Waals surface area contributed by atoms with Crippen molar-refractivity contribution in [2.75, 3.05) is 29.0 Å². The Hall–Kier alpha value is -3.69. The molecule has 0 saturated carbocycles. The molecule has 1 amide bonds. The zero-order valence-electron chi connectivity index (χ0n) is 17.5. The van der Waals surface area contributed by atoms with E-state index in [0.29, 0.717) is 27.7 Å². The molecule has 0 unspecified atom stereocenters. The van der Waals surface area contributed by atoms with Crippen molar-refractivity contribution in [2.24, 2.45) is 0 Å². The molecule has 0 aliphatic heterocycles. The molecule has 0 spiro atoms. The van der Waals surface area contributed by atoms with Gasteiger partial charge in [-0.15, -0.1) is 0 Å². The number of benzene rings is 3. The van der Waals surface area contributed by atoms with Gasteiger partial charge >= 0.3 is 0 Å². The summed E-state index contributed by atoms with van der Waals surface area (Å²) < 4.78 is 39.2. The zero-order valence-corrected chi connectivity index (χ0v) is 19.0. The number of fused-ring (bicyclic) bond motifs is 1. The number of halogens is 1. The molecular formula is C23H20ClN3O5S. The van der Waals surface area contributed by atoms with Crippen LogP contribution >= 0.6 is 11.6 Å². The average Bonchev–Trinajstić information content (AvgIpc) is 3.26. The SMILES string of the molecule is COc1ccc(Cl)cc1NC(=O)CNc1ccccc1S(=O)(=O)Nc1ccc2occc2c1. The van der Waals surface area contributed by atoms with Gasteiger partial charge in [-0.2, -0.15) is 0 Å². The summed E-state index contributed by atoms with van der Waals surface area (Å²) in [6.07, 6.45) is 1.53. The molecule has 8 nitrogen and oxygen atoms in total. The third-order valence-electron chi connectivity index (χ3n) is 4.76. The van der Waals surface area contributed by atoms with Gasteiger partial charge < -0.3 is 19.8 Å². The van der Waals surface area contributed by atoms with Crippen LogP contribution in [0.15, 0.2) is 82.3 Å². The first-order valence-electron chi connectivity index (χ1n) is 9.82. The predicted octanol–water partition coefficient (Wildman–Crippen LogP) is 4.95. The van der Waals surface area contributed by atoms with Gasteiger partial charge in [0.1, 0.15) is 16.2 Å². The van der Waals surface area contributed by atoms with Crippen molar-refractivity contribution in [1.82, 2.24) is 0 Å². The highest BCUT2D eigenvalue weighted by molar-refractivity contribution is 7.92. The van der Waals surface area contributed by atoms with Crippen molar-refractivity contribution < 1.29 is 22.4 Å². The van der Waals surface area contributed by atoms with Crippen LogP contribution in [0.3, 0.4) is 0 Å². The summed E-state index contributed by atoms with van der Waals surface area (Å²) in [6, 6.07) is 17.9. The lowest BCUT2D eigenvalue weighted by Gasteiger charge is -2.15. The first-order valence-corrected chi connectivity index (χ1v) is 11.7. The average molecular weight is 486 g/mol. The van der Waals surface area contributed by atoms with Gasteiger partial charge in [-0.1, -0.05) is 23.7 Å². The molecule has 3 N–H and O–H groups in total. The van der Waals surface area contributed by atoms with Gasteiger partial charge in [0.05, 0.1) is 31.3 Å². The molecular weight excluding hydrogens is 466 g/mol. The minimum atomic E-state index is -3.93. The fraction of sp³-hybridized carbons (Fsp3) is 0.0870. The van der Waals surface area contributed by atoms with Gasteiger partial charge in [0, 0.05) is 16.1 Å². The highest BCUT2D eigenvalue weighted by Crippen LogP contribution is 2.28. The predicted molar refractivity (Wildman–Crippen MR) is 129 cm³/mol. The minimum absolute atomic E-state index is 0.00502. The fourth-order valence-electron chi connectivity index (χ4n) is 3.24. The van der Waals surface area contributed by atoms with Gasteiger partial charge in [-0.3, -0.25) is 9.52 Å². The van der Waals surface area contributed by atoms with Crippen molar-refractivity contribution in [1.29, 1.82) is 0 Å². The van der Waals surface area contributed by atoms with E-state index in [2.05, 4.69) is 15.4 Å². The molecule has 0 radical (unpaired) electrons. The second kappa shape index (κ2) is 9.43. The maximum Gasteiger partial charge on any atom is 0.263 e. The number of sulfonamides is 1. The summed E-state index contributed by atoms with van der Waals surface area (Å²) in [5.41, 5.74) is 1.74. The summed E-state index contributed by atoms with van der Waals surface area (Å²) in [4.78, 5) is 12.5. The first-order chi connectivity index (χ1) is 15.9. The molecule has 170 valence electrons. The van der Waals surface area contributed by atoms with Gasteiger partial charge in [0.2, 0.25) is 5.91 Å². The summed E-state index contributed by atoms with van der Waals surface area (Å²) >= 11 is 5.99. The molecule has 0 saturated heterocycles. The quantitative estimate of drug-likeness (QED) is 0.326. The maximum atomic E-state index is 13.0. The second-order valence-electron chi connectivity index (χ2n) is 7.02. The Morgan fingerprint density at radius 2 is 1.85 bits per heavy atom. The fourth-order valence-corrected chi connectivity index (χ4v) is 4.64. The summed E-state index contributed by atoms with van der Waals surface area (Å²) in [5.74, 6) is 0.0515. The molecule has 1 aromatic heterocycles. The Morgan fingerprint density at radius 1 is 1.03 bits per heavy atom. The molecule has 0 bridgehead atoms. The second-order valence-corrected chi connectivity index (χ2v) is 9.11. The van der Waals surface area contributed by atoms with Gasteiger partial charge in [-0.25, -0.2) is 8.42 Å². The molecule has 0 aliphatic carbocycles. The van der Waals surface area contributed by atoms with Crippen LogP contribution in [0.2, 0.25) is 5.02 Å². The number of carbonyl (C=O) groups excluding carboxylic acids is 1. The molecule has 4 aromatic rings. The molecule has 3 aromatic carbocycles. The van der Waals surface area contributed by atoms with Crippen LogP contribution in [-0.2, 0) is 14.8 Å². The Balaban J connectivity index is 1.49. The Kier molecular flexibility index (Phi) is 6.43. The molecule has 33 heavy (non-hydrogen) atoms. The van der Waals surface area contributed by atoms with E-state index in [-0.39, 0.29) is 17.1 Å². The molecule has 1 heterocycles. The monoisotopic (exact) mass is 485 g/mol. The number of carbonyl (C=O) groups is 1. The van der Waals surface area contributed by atoms with Crippen LogP contribution in [0.25, 0.3) is 11.0 Å². The number of nitrogens with one attached hydrogen (secondary N) is 3. The highest BCUT2D eigenvalue weighted by atomic mass is 35.5. The number of ether oxygens (including phenoxy) is 1. The van der Waals surface area contributed by atoms with E-state index in [9.17, 15) is 13.2 Å². The van der Waals surface area contributed by atoms with E-state index in [0.717, 1.165) is 5.39 Å². The first kappa shape index (κ1) is 22.5. The van der Waals surface area contributed by atoms with Gasteiger partial charge in [0.15, 0.2) is 0 Å².